The van der Waals surface area contributed by atoms with Crippen LogP contribution in [-0.2, 0) is 4.74 Å². The molecule has 26 heavy (non-hydrogen) atoms. The largest absolute Gasteiger partial charge is 0.508 e. The van der Waals surface area contributed by atoms with E-state index in [-0.39, 0.29) is 5.75 Å². The lowest BCUT2D eigenvalue weighted by molar-refractivity contribution is 0.121. The van der Waals surface area contributed by atoms with Gasteiger partial charge in [0.1, 0.15) is 11.9 Å². The standard InChI is InChI=1S/C19H15Cl2NO3S/c1-11(14-4-2-3-5-15(14)20)25-19(24)22-16-10-17(21)26-18(16)12-6-8-13(23)9-7-12/h2-11,23H,1H3,(H,22,24)/t11-/m1/s1. The number of rotatable bonds is 4. The first-order chi connectivity index (χ1) is 12.4. The average Bonchev–Trinajstić information content (AvgIpc) is 2.96. The fraction of sp³-hybridized carbons (Fsp3) is 0.105. The van der Waals surface area contributed by atoms with E-state index >= 15 is 0 Å². The second-order valence-electron chi connectivity index (χ2n) is 5.53. The van der Waals surface area contributed by atoms with Gasteiger partial charge in [-0.05, 0) is 48.9 Å². The molecule has 0 saturated heterocycles. The van der Waals surface area contributed by atoms with Gasteiger partial charge in [0.05, 0.1) is 14.9 Å². The van der Waals surface area contributed by atoms with Crippen molar-refractivity contribution in [2.45, 2.75) is 13.0 Å². The molecule has 0 radical (unpaired) electrons. The van der Waals surface area contributed by atoms with E-state index < -0.39 is 12.2 Å². The summed E-state index contributed by atoms with van der Waals surface area (Å²) in [5.74, 6) is 0.166. The van der Waals surface area contributed by atoms with E-state index in [1.54, 1.807) is 43.3 Å². The second kappa shape index (κ2) is 7.99. The highest BCUT2D eigenvalue weighted by atomic mass is 35.5. The van der Waals surface area contributed by atoms with Crippen LogP contribution in [0.3, 0.4) is 0 Å². The van der Waals surface area contributed by atoms with Crippen LogP contribution in [0, 0.1) is 0 Å². The molecule has 4 nitrogen and oxygen atoms in total. The van der Waals surface area contributed by atoms with Crippen molar-refractivity contribution in [3.8, 4) is 16.2 Å². The number of ether oxygens (including phenoxy) is 1. The molecule has 7 heteroatoms. The van der Waals surface area contributed by atoms with E-state index in [0.717, 1.165) is 16.0 Å². The van der Waals surface area contributed by atoms with Crippen LogP contribution in [0.4, 0.5) is 10.5 Å². The van der Waals surface area contributed by atoms with Crippen molar-refractivity contribution in [1.82, 2.24) is 0 Å². The summed E-state index contributed by atoms with van der Waals surface area (Å²) in [4.78, 5) is 13.1. The normalized spacial score (nSPS) is 11.8. The lowest BCUT2D eigenvalue weighted by Gasteiger charge is -2.15. The van der Waals surface area contributed by atoms with Gasteiger partial charge in [0, 0.05) is 10.6 Å². The molecule has 0 saturated carbocycles. The molecule has 0 fully saturated rings. The first kappa shape index (κ1) is 18.6. The van der Waals surface area contributed by atoms with Gasteiger partial charge in [-0.3, -0.25) is 5.32 Å². The van der Waals surface area contributed by atoms with Crippen molar-refractivity contribution in [3.63, 3.8) is 0 Å². The van der Waals surface area contributed by atoms with Gasteiger partial charge >= 0.3 is 6.09 Å². The predicted molar refractivity (Wildman–Crippen MR) is 106 cm³/mol. The number of anilines is 1. The molecule has 2 N–H and O–H groups in total. The van der Waals surface area contributed by atoms with Crippen LogP contribution in [0.25, 0.3) is 10.4 Å². The Bertz CT molecular complexity index is 925. The molecule has 1 heterocycles. The van der Waals surface area contributed by atoms with Gasteiger partial charge in [0.15, 0.2) is 0 Å². The molecule has 3 rings (SSSR count). The van der Waals surface area contributed by atoms with Gasteiger partial charge in [-0.1, -0.05) is 41.4 Å². The summed E-state index contributed by atoms with van der Waals surface area (Å²) in [6.45, 7) is 1.75. The third-order valence-electron chi connectivity index (χ3n) is 3.70. The highest BCUT2D eigenvalue weighted by Gasteiger charge is 2.17. The number of phenols is 1. The summed E-state index contributed by atoms with van der Waals surface area (Å²) in [5, 5.41) is 12.7. The van der Waals surface area contributed by atoms with Gasteiger partial charge in [-0.15, -0.1) is 11.3 Å². The fourth-order valence-electron chi connectivity index (χ4n) is 2.45. The number of amides is 1. The zero-order valence-electron chi connectivity index (χ0n) is 13.7. The van der Waals surface area contributed by atoms with E-state index in [1.807, 2.05) is 18.2 Å². The minimum absolute atomic E-state index is 0.166. The SMILES string of the molecule is C[C@@H](OC(=O)Nc1cc(Cl)sc1-c1ccc(O)cc1)c1ccccc1Cl. The van der Waals surface area contributed by atoms with Gasteiger partial charge in [0.2, 0.25) is 0 Å². The molecule has 1 amide bonds. The zero-order chi connectivity index (χ0) is 18.7. The maximum Gasteiger partial charge on any atom is 0.412 e. The number of carbonyl (C=O) groups is 1. The first-order valence-electron chi connectivity index (χ1n) is 7.75. The number of hydrogen-bond donors (Lipinski definition) is 2. The molecule has 2 aromatic carbocycles. The summed E-state index contributed by atoms with van der Waals surface area (Å²) >= 11 is 13.6. The van der Waals surface area contributed by atoms with Crippen molar-refractivity contribution in [1.29, 1.82) is 0 Å². The van der Waals surface area contributed by atoms with E-state index in [0.29, 0.717) is 15.0 Å². The molecule has 0 aliphatic heterocycles. The van der Waals surface area contributed by atoms with Crippen LogP contribution in [0.1, 0.15) is 18.6 Å². The summed E-state index contributed by atoms with van der Waals surface area (Å²) in [6, 6.07) is 15.5. The maximum atomic E-state index is 12.3. The van der Waals surface area contributed by atoms with Crippen LogP contribution in [0.5, 0.6) is 5.75 Å². The zero-order valence-corrected chi connectivity index (χ0v) is 16.0. The monoisotopic (exact) mass is 407 g/mol. The van der Waals surface area contributed by atoms with Crippen molar-refractivity contribution in [3.05, 3.63) is 69.5 Å². The molecule has 0 spiro atoms. The molecule has 0 aliphatic rings. The van der Waals surface area contributed by atoms with Crippen LogP contribution in [-0.4, -0.2) is 11.2 Å². The Morgan fingerprint density at radius 3 is 2.54 bits per heavy atom. The Hall–Kier alpha value is -2.21. The molecule has 3 aromatic rings. The topological polar surface area (TPSA) is 58.6 Å². The van der Waals surface area contributed by atoms with Crippen LogP contribution < -0.4 is 5.32 Å². The number of nitrogens with one attached hydrogen (secondary N) is 1. The van der Waals surface area contributed by atoms with E-state index in [4.69, 9.17) is 27.9 Å². The number of halogens is 2. The number of aromatic hydroxyl groups is 1. The smallest absolute Gasteiger partial charge is 0.412 e. The molecule has 0 unspecified atom stereocenters. The summed E-state index contributed by atoms with van der Waals surface area (Å²) < 4.78 is 5.96. The van der Waals surface area contributed by atoms with Crippen molar-refractivity contribution in [2.24, 2.45) is 0 Å². The average molecular weight is 408 g/mol. The number of thiophene rings is 1. The second-order valence-corrected chi connectivity index (χ2v) is 7.62. The minimum atomic E-state index is -0.605. The number of benzene rings is 2. The lowest BCUT2D eigenvalue weighted by Crippen LogP contribution is -2.16. The highest BCUT2D eigenvalue weighted by Crippen LogP contribution is 2.40. The summed E-state index contributed by atoms with van der Waals surface area (Å²) in [6.07, 6.45) is -1.11. The molecule has 134 valence electrons. The van der Waals surface area contributed by atoms with Gasteiger partial charge in [-0.2, -0.15) is 0 Å². The summed E-state index contributed by atoms with van der Waals surface area (Å²) in [5.41, 5.74) is 2.10. The molecular weight excluding hydrogens is 393 g/mol. The first-order valence-corrected chi connectivity index (χ1v) is 9.32. The van der Waals surface area contributed by atoms with Crippen molar-refractivity contribution in [2.75, 3.05) is 5.32 Å². The Morgan fingerprint density at radius 2 is 1.85 bits per heavy atom. The highest BCUT2D eigenvalue weighted by molar-refractivity contribution is 7.20. The molecular formula is C19H15Cl2NO3S. The Morgan fingerprint density at radius 1 is 1.15 bits per heavy atom. The Kier molecular flexibility index (Phi) is 5.71. The quantitative estimate of drug-likeness (QED) is 0.503. The number of carbonyl (C=O) groups excluding carboxylic acids is 1. The van der Waals surface area contributed by atoms with Gasteiger partial charge in [-0.25, -0.2) is 4.79 Å². The molecule has 0 aliphatic carbocycles. The van der Waals surface area contributed by atoms with Crippen molar-refractivity contribution < 1.29 is 14.6 Å². The van der Waals surface area contributed by atoms with Crippen molar-refractivity contribution >= 4 is 46.3 Å². The van der Waals surface area contributed by atoms with Crippen LogP contribution in [0.15, 0.2) is 54.6 Å². The predicted octanol–water partition coefficient (Wildman–Crippen LogP) is 6.74. The van der Waals surface area contributed by atoms with E-state index in [1.165, 1.54) is 11.3 Å². The fourth-order valence-corrected chi connectivity index (χ4v) is 3.92. The molecule has 1 atom stereocenters. The van der Waals surface area contributed by atoms with E-state index in [2.05, 4.69) is 5.32 Å². The number of hydrogen-bond acceptors (Lipinski definition) is 4. The van der Waals surface area contributed by atoms with Gasteiger partial charge < -0.3 is 9.84 Å². The Labute approximate surface area is 165 Å². The van der Waals surface area contributed by atoms with Crippen LogP contribution >= 0.6 is 34.5 Å². The number of phenolic OH excluding ortho intramolecular Hbond substituents is 1. The summed E-state index contributed by atoms with van der Waals surface area (Å²) in [7, 11) is 0. The minimum Gasteiger partial charge on any atom is -0.508 e. The Balaban J connectivity index is 1.76. The van der Waals surface area contributed by atoms with E-state index in [9.17, 15) is 9.90 Å². The van der Waals surface area contributed by atoms with Gasteiger partial charge in [0.25, 0.3) is 0 Å². The molecule has 0 bridgehead atoms. The lowest BCUT2D eigenvalue weighted by atomic mass is 10.1. The third kappa shape index (κ3) is 4.30. The molecule has 1 aromatic heterocycles. The third-order valence-corrected chi connectivity index (χ3v) is 5.35. The van der Waals surface area contributed by atoms with Crippen LogP contribution in [0.2, 0.25) is 9.36 Å². The maximum absolute atomic E-state index is 12.3.